The number of nitrogens with one attached hydrogen (secondary N) is 1. The molecule has 1 aliphatic rings. The van der Waals surface area contributed by atoms with Crippen LogP contribution in [0.3, 0.4) is 0 Å². The molecule has 1 aliphatic carbocycles. The van der Waals surface area contributed by atoms with Crippen molar-refractivity contribution in [2.24, 2.45) is 12.5 Å². The predicted octanol–water partition coefficient (Wildman–Crippen LogP) is 1.70. The Morgan fingerprint density at radius 3 is 2.88 bits per heavy atom. The van der Waals surface area contributed by atoms with E-state index in [1.54, 1.807) is 10.9 Å². The van der Waals surface area contributed by atoms with Crippen molar-refractivity contribution >= 4 is 18.5 Å². The van der Waals surface area contributed by atoms with E-state index in [0.717, 1.165) is 24.2 Å². The highest BCUT2D eigenvalue weighted by Crippen LogP contribution is 2.49. The lowest BCUT2D eigenvalue weighted by Gasteiger charge is -2.15. The van der Waals surface area contributed by atoms with Gasteiger partial charge in [0.1, 0.15) is 0 Å². The molecule has 0 bridgehead atoms. The smallest absolute Gasteiger partial charge is 0.221 e. The highest BCUT2D eigenvalue weighted by molar-refractivity contribution is 7.80. The number of hydrogen-bond donors (Lipinski definition) is 2. The van der Waals surface area contributed by atoms with Crippen LogP contribution >= 0.6 is 12.6 Å². The molecule has 4 nitrogen and oxygen atoms in total. The van der Waals surface area contributed by atoms with Crippen LogP contribution in [0.1, 0.15) is 37.8 Å². The summed E-state index contributed by atoms with van der Waals surface area (Å²) in [6.45, 7) is 1.98. The first-order valence-electron chi connectivity index (χ1n) is 5.93. The van der Waals surface area contributed by atoms with Gasteiger partial charge in [-0.05, 0) is 30.9 Å². The first-order valence-corrected chi connectivity index (χ1v) is 6.57. The van der Waals surface area contributed by atoms with Crippen LogP contribution in [0.4, 0.5) is 0 Å². The minimum Gasteiger partial charge on any atom is -0.349 e. The Labute approximate surface area is 107 Å². The summed E-state index contributed by atoms with van der Waals surface area (Å²) >= 11 is 4.31. The van der Waals surface area contributed by atoms with Crippen LogP contribution in [-0.2, 0) is 11.8 Å². The van der Waals surface area contributed by atoms with Crippen molar-refractivity contribution in [2.75, 3.05) is 5.75 Å². The zero-order chi connectivity index (χ0) is 12.5. The lowest BCUT2D eigenvalue weighted by Crippen LogP contribution is -2.29. The van der Waals surface area contributed by atoms with Crippen LogP contribution < -0.4 is 5.32 Å². The van der Waals surface area contributed by atoms with E-state index in [2.05, 4.69) is 23.0 Å². The van der Waals surface area contributed by atoms with E-state index in [-0.39, 0.29) is 17.4 Å². The Morgan fingerprint density at radius 2 is 2.41 bits per heavy atom. The zero-order valence-corrected chi connectivity index (χ0v) is 11.2. The lowest BCUT2D eigenvalue weighted by atomic mass is 10.0. The van der Waals surface area contributed by atoms with Gasteiger partial charge in [0, 0.05) is 25.2 Å². The lowest BCUT2D eigenvalue weighted by molar-refractivity contribution is -0.122. The van der Waals surface area contributed by atoms with Crippen molar-refractivity contribution in [3.63, 3.8) is 0 Å². The number of thiol groups is 1. The monoisotopic (exact) mass is 253 g/mol. The number of aromatic nitrogens is 2. The molecule has 1 heterocycles. The fourth-order valence-electron chi connectivity index (χ4n) is 1.95. The van der Waals surface area contributed by atoms with Crippen molar-refractivity contribution < 1.29 is 4.79 Å². The van der Waals surface area contributed by atoms with Crippen molar-refractivity contribution in [1.29, 1.82) is 0 Å². The molecular formula is C12H19N3OS. The zero-order valence-electron chi connectivity index (χ0n) is 10.3. The van der Waals surface area contributed by atoms with Crippen molar-refractivity contribution in [1.82, 2.24) is 15.1 Å². The summed E-state index contributed by atoms with van der Waals surface area (Å²) in [6.07, 6.45) is 6.57. The van der Waals surface area contributed by atoms with Crippen LogP contribution in [0.5, 0.6) is 0 Å². The third-order valence-electron chi connectivity index (χ3n) is 3.43. The largest absolute Gasteiger partial charge is 0.349 e. The summed E-state index contributed by atoms with van der Waals surface area (Å²) in [5.74, 6) is 0.926. The van der Waals surface area contributed by atoms with Crippen LogP contribution in [0.25, 0.3) is 0 Å². The molecule has 1 N–H and O–H groups in total. The quantitative estimate of drug-likeness (QED) is 0.785. The van der Waals surface area contributed by atoms with E-state index in [1.807, 2.05) is 20.2 Å². The number of rotatable bonds is 5. The molecule has 0 aromatic carbocycles. The Kier molecular flexibility index (Phi) is 3.47. The normalized spacial score (nSPS) is 18.8. The van der Waals surface area contributed by atoms with Gasteiger partial charge in [0.2, 0.25) is 5.91 Å². The second-order valence-corrected chi connectivity index (χ2v) is 5.39. The van der Waals surface area contributed by atoms with Crippen LogP contribution in [0.2, 0.25) is 0 Å². The van der Waals surface area contributed by atoms with E-state index in [9.17, 15) is 4.79 Å². The maximum atomic E-state index is 11.9. The molecule has 0 aliphatic heterocycles. The molecule has 17 heavy (non-hydrogen) atoms. The maximum Gasteiger partial charge on any atom is 0.221 e. The Morgan fingerprint density at radius 1 is 1.71 bits per heavy atom. The van der Waals surface area contributed by atoms with Crippen molar-refractivity contribution in [3.8, 4) is 0 Å². The molecular weight excluding hydrogens is 234 g/mol. The predicted molar refractivity (Wildman–Crippen MR) is 69.9 cm³/mol. The number of carbonyl (C=O) groups is 1. The van der Waals surface area contributed by atoms with Gasteiger partial charge < -0.3 is 5.32 Å². The highest BCUT2D eigenvalue weighted by Gasteiger charge is 2.42. The average molecular weight is 253 g/mol. The van der Waals surface area contributed by atoms with E-state index in [4.69, 9.17) is 0 Å². The number of aryl methyl sites for hydroxylation is 1. The molecule has 0 saturated heterocycles. The van der Waals surface area contributed by atoms with Gasteiger partial charge >= 0.3 is 0 Å². The third-order valence-corrected chi connectivity index (χ3v) is 4.10. The SMILES string of the molecule is CC(NC(=O)CC1(CS)CC1)c1cnn(C)c1. The molecule has 1 aromatic rings. The first kappa shape index (κ1) is 12.5. The molecule has 94 valence electrons. The average Bonchev–Trinajstić information content (AvgIpc) is 2.91. The molecule has 0 spiro atoms. The Bertz CT molecular complexity index is 412. The fraction of sp³-hybridized carbons (Fsp3) is 0.667. The van der Waals surface area contributed by atoms with Gasteiger partial charge in [-0.25, -0.2) is 0 Å². The number of nitrogens with zero attached hydrogens (tertiary/aromatic N) is 2. The molecule has 5 heteroatoms. The number of carbonyl (C=O) groups excluding carboxylic acids is 1. The van der Waals surface area contributed by atoms with Crippen molar-refractivity contribution in [3.05, 3.63) is 18.0 Å². The number of amides is 1. The Hall–Kier alpha value is -0.970. The van der Waals surface area contributed by atoms with E-state index < -0.39 is 0 Å². The molecule has 2 rings (SSSR count). The van der Waals surface area contributed by atoms with E-state index >= 15 is 0 Å². The molecule has 1 saturated carbocycles. The standard InChI is InChI=1S/C12H19N3OS/c1-9(10-6-13-15(2)7-10)14-11(16)5-12(8-17)3-4-12/h6-7,9,17H,3-5,8H2,1-2H3,(H,14,16). The molecule has 0 radical (unpaired) electrons. The third kappa shape index (κ3) is 3.03. The van der Waals surface area contributed by atoms with Crippen LogP contribution in [0.15, 0.2) is 12.4 Å². The number of hydrogen-bond acceptors (Lipinski definition) is 3. The summed E-state index contributed by atoms with van der Waals surface area (Å²) < 4.78 is 1.74. The first-order chi connectivity index (χ1) is 8.04. The van der Waals surface area contributed by atoms with Gasteiger partial charge in [0.15, 0.2) is 0 Å². The topological polar surface area (TPSA) is 46.9 Å². The van der Waals surface area contributed by atoms with Crippen molar-refractivity contribution in [2.45, 2.75) is 32.2 Å². The summed E-state index contributed by atoms with van der Waals surface area (Å²) in [4.78, 5) is 11.9. The minimum absolute atomic E-state index is 0.0203. The molecule has 1 atom stereocenters. The summed E-state index contributed by atoms with van der Waals surface area (Å²) in [5, 5.41) is 7.11. The van der Waals surface area contributed by atoms with Gasteiger partial charge in [-0.3, -0.25) is 9.48 Å². The van der Waals surface area contributed by atoms with Gasteiger partial charge in [-0.1, -0.05) is 0 Å². The minimum atomic E-state index is 0.0203. The highest BCUT2D eigenvalue weighted by atomic mass is 32.1. The summed E-state index contributed by atoms with van der Waals surface area (Å²) in [5.41, 5.74) is 1.22. The van der Waals surface area contributed by atoms with E-state index in [1.165, 1.54) is 0 Å². The molecule has 1 aromatic heterocycles. The molecule has 1 unspecified atom stereocenters. The molecule has 1 amide bonds. The fourth-order valence-corrected chi connectivity index (χ4v) is 2.38. The van der Waals surface area contributed by atoms with Gasteiger partial charge in [-0.2, -0.15) is 17.7 Å². The summed E-state index contributed by atoms with van der Waals surface area (Å²) in [7, 11) is 1.87. The Balaban J connectivity index is 1.86. The second-order valence-electron chi connectivity index (χ2n) is 5.07. The molecule has 1 fully saturated rings. The summed E-state index contributed by atoms with van der Waals surface area (Å²) in [6, 6.07) is 0.0203. The van der Waals surface area contributed by atoms with Gasteiger partial charge in [0.25, 0.3) is 0 Å². The second kappa shape index (κ2) is 4.72. The van der Waals surface area contributed by atoms with E-state index in [0.29, 0.717) is 6.42 Å². The van der Waals surface area contributed by atoms with Gasteiger partial charge in [-0.15, -0.1) is 0 Å². The maximum absolute atomic E-state index is 11.9. The van der Waals surface area contributed by atoms with Crippen LogP contribution in [0, 0.1) is 5.41 Å². The van der Waals surface area contributed by atoms with Gasteiger partial charge in [0.05, 0.1) is 12.2 Å². The van der Waals surface area contributed by atoms with Crippen LogP contribution in [-0.4, -0.2) is 21.4 Å².